The zero-order valence-electron chi connectivity index (χ0n) is 9.53. The van der Waals surface area contributed by atoms with Crippen molar-refractivity contribution in [2.45, 2.75) is 13.8 Å². The summed E-state index contributed by atoms with van der Waals surface area (Å²) in [5.41, 5.74) is 1.29. The van der Waals surface area contributed by atoms with Crippen molar-refractivity contribution in [3.8, 4) is 5.75 Å². The lowest BCUT2D eigenvalue weighted by Gasteiger charge is -2.06. The second kappa shape index (κ2) is 5.90. The molecule has 0 aliphatic rings. The van der Waals surface area contributed by atoms with Crippen LogP contribution in [0.5, 0.6) is 5.75 Å². The molecule has 0 saturated carbocycles. The Bertz CT molecular complexity index is 388. The zero-order valence-corrected chi connectivity index (χ0v) is 9.53. The third kappa shape index (κ3) is 3.73. The summed E-state index contributed by atoms with van der Waals surface area (Å²) in [4.78, 5) is 15.3. The number of hydrogen-bond acceptors (Lipinski definition) is 4. The van der Waals surface area contributed by atoms with E-state index >= 15 is 0 Å². The van der Waals surface area contributed by atoms with E-state index in [-0.39, 0.29) is 0 Å². The van der Waals surface area contributed by atoms with Crippen molar-refractivity contribution in [3.63, 3.8) is 0 Å². The highest BCUT2D eigenvalue weighted by atomic mass is 16.5. The molecule has 0 aromatic carbocycles. The summed E-state index contributed by atoms with van der Waals surface area (Å²) in [6, 6.07) is 1.61. The fourth-order valence-corrected chi connectivity index (χ4v) is 1.03. The molecule has 0 aliphatic carbocycles. The predicted molar refractivity (Wildman–Crippen MR) is 60.5 cm³/mol. The van der Waals surface area contributed by atoms with Gasteiger partial charge in [0.2, 0.25) is 0 Å². The maximum absolute atomic E-state index is 11.4. The quantitative estimate of drug-likeness (QED) is 0.565. The Morgan fingerprint density at radius 1 is 1.50 bits per heavy atom. The van der Waals surface area contributed by atoms with Gasteiger partial charge in [-0.2, -0.15) is 0 Å². The molecule has 0 radical (unpaired) electrons. The fraction of sp³-hybridized carbons (Fsp3) is 0.333. The molecule has 0 spiro atoms. The van der Waals surface area contributed by atoms with Gasteiger partial charge in [0.25, 0.3) is 0 Å². The second-order valence-corrected chi connectivity index (χ2v) is 3.38. The third-order valence-electron chi connectivity index (χ3n) is 1.71. The van der Waals surface area contributed by atoms with E-state index in [0.29, 0.717) is 24.5 Å². The number of pyridine rings is 1. The number of rotatable bonds is 5. The molecule has 4 heteroatoms. The first-order chi connectivity index (χ1) is 7.63. The van der Waals surface area contributed by atoms with Gasteiger partial charge in [0, 0.05) is 6.20 Å². The van der Waals surface area contributed by atoms with E-state index in [2.05, 4.69) is 11.6 Å². The number of hydrogen-bond donors (Lipinski definition) is 0. The van der Waals surface area contributed by atoms with Crippen LogP contribution in [0.15, 0.2) is 30.6 Å². The molecule has 0 bridgehead atoms. The molecule has 1 heterocycles. The van der Waals surface area contributed by atoms with Crippen molar-refractivity contribution < 1.29 is 14.3 Å². The van der Waals surface area contributed by atoms with Crippen LogP contribution in [0.4, 0.5) is 0 Å². The molecule has 1 rings (SSSR count). The van der Waals surface area contributed by atoms with Crippen LogP contribution in [0.3, 0.4) is 0 Å². The van der Waals surface area contributed by atoms with E-state index in [0.717, 1.165) is 5.57 Å². The zero-order chi connectivity index (χ0) is 12.0. The summed E-state index contributed by atoms with van der Waals surface area (Å²) in [6.07, 6.45) is 3.00. The Morgan fingerprint density at radius 2 is 2.25 bits per heavy atom. The molecular formula is C12H15NO3. The molecule has 16 heavy (non-hydrogen) atoms. The van der Waals surface area contributed by atoms with E-state index in [4.69, 9.17) is 9.47 Å². The molecule has 0 aliphatic heterocycles. The average molecular weight is 221 g/mol. The smallest absolute Gasteiger partial charge is 0.339 e. The molecule has 1 aromatic rings. The van der Waals surface area contributed by atoms with Crippen LogP contribution in [-0.2, 0) is 4.74 Å². The predicted octanol–water partition coefficient (Wildman–Crippen LogP) is 2.21. The molecular weight excluding hydrogens is 206 g/mol. The van der Waals surface area contributed by atoms with Crippen LogP contribution in [0, 0.1) is 0 Å². The van der Waals surface area contributed by atoms with Crippen LogP contribution < -0.4 is 4.74 Å². The Kier molecular flexibility index (Phi) is 4.51. The normalized spacial score (nSPS) is 9.62. The number of nitrogens with zero attached hydrogens (tertiary/aromatic N) is 1. The largest absolute Gasteiger partial charge is 0.488 e. The number of carbonyl (C=O) groups excluding carboxylic acids is 1. The summed E-state index contributed by atoms with van der Waals surface area (Å²) in [6.45, 7) is 8.09. The molecule has 0 amide bonds. The van der Waals surface area contributed by atoms with Gasteiger partial charge in [0.1, 0.15) is 12.4 Å². The topological polar surface area (TPSA) is 48.4 Å². The van der Waals surface area contributed by atoms with Crippen molar-refractivity contribution in [2.24, 2.45) is 0 Å². The standard InChI is InChI=1S/C12H15NO3/c1-4-15-12(14)10-5-11(7-13-6-10)16-8-9(2)3/h5-7H,2,4,8H2,1,3H3. The third-order valence-corrected chi connectivity index (χ3v) is 1.71. The molecule has 0 saturated heterocycles. The van der Waals surface area contributed by atoms with Crippen molar-refractivity contribution in [2.75, 3.05) is 13.2 Å². The van der Waals surface area contributed by atoms with Gasteiger partial charge in [-0.1, -0.05) is 6.58 Å². The number of esters is 1. The van der Waals surface area contributed by atoms with Crippen LogP contribution in [-0.4, -0.2) is 24.2 Å². The highest BCUT2D eigenvalue weighted by molar-refractivity contribution is 5.89. The van der Waals surface area contributed by atoms with E-state index in [1.54, 1.807) is 19.2 Å². The molecule has 0 fully saturated rings. The first-order valence-electron chi connectivity index (χ1n) is 5.03. The Labute approximate surface area is 94.9 Å². The highest BCUT2D eigenvalue weighted by Gasteiger charge is 2.07. The van der Waals surface area contributed by atoms with Gasteiger partial charge in [-0.05, 0) is 25.5 Å². The van der Waals surface area contributed by atoms with Gasteiger partial charge >= 0.3 is 5.97 Å². The minimum Gasteiger partial charge on any atom is -0.488 e. The fourth-order valence-electron chi connectivity index (χ4n) is 1.03. The van der Waals surface area contributed by atoms with Gasteiger partial charge < -0.3 is 9.47 Å². The van der Waals surface area contributed by atoms with E-state index in [9.17, 15) is 4.79 Å². The van der Waals surface area contributed by atoms with E-state index in [1.807, 2.05) is 6.92 Å². The summed E-state index contributed by atoms with van der Waals surface area (Å²) in [7, 11) is 0. The van der Waals surface area contributed by atoms with Crippen molar-refractivity contribution in [1.29, 1.82) is 0 Å². The lowest BCUT2D eigenvalue weighted by Crippen LogP contribution is -2.06. The summed E-state index contributed by atoms with van der Waals surface area (Å²) in [5, 5.41) is 0. The minimum atomic E-state index is -0.393. The average Bonchev–Trinajstić information content (AvgIpc) is 2.27. The van der Waals surface area contributed by atoms with Crippen molar-refractivity contribution in [3.05, 3.63) is 36.2 Å². The van der Waals surface area contributed by atoms with Crippen LogP contribution in [0.2, 0.25) is 0 Å². The lowest BCUT2D eigenvalue weighted by atomic mass is 10.3. The monoisotopic (exact) mass is 221 g/mol. The molecule has 0 N–H and O–H groups in total. The molecule has 4 nitrogen and oxygen atoms in total. The maximum atomic E-state index is 11.4. The first-order valence-corrected chi connectivity index (χ1v) is 5.03. The van der Waals surface area contributed by atoms with Crippen LogP contribution >= 0.6 is 0 Å². The van der Waals surface area contributed by atoms with E-state index in [1.165, 1.54) is 6.20 Å². The van der Waals surface area contributed by atoms with Gasteiger partial charge in [-0.15, -0.1) is 0 Å². The van der Waals surface area contributed by atoms with Gasteiger partial charge in [-0.25, -0.2) is 4.79 Å². The van der Waals surface area contributed by atoms with E-state index < -0.39 is 5.97 Å². The molecule has 0 atom stereocenters. The Morgan fingerprint density at radius 3 is 2.88 bits per heavy atom. The summed E-state index contributed by atoms with van der Waals surface area (Å²) in [5.74, 6) is 0.143. The SMILES string of the molecule is C=C(C)COc1cncc(C(=O)OCC)c1. The maximum Gasteiger partial charge on any atom is 0.339 e. The molecule has 1 aromatic heterocycles. The molecule has 0 unspecified atom stereocenters. The highest BCUT2D eigenvalue weighted by Crippen LogP contribution is 2.12. The van der Waals surface area contributed by atoms with Crippen molar-refractivity contribution >= 4 is 5.97 Å². The Balaban J connectivity index is 2.70. The van der Waals surface area contributed by atoms with Gasteiger partial charge in [-0.3, -0.25) is 4.98 Å². The number of ether oxygens (including phenoxy) is 2. The molecule has 86 valence electrons. The second-order valence-electron chi connectivity index (χ2n) is 3.38. The number of aromatic nitrogens is 1. The minimum absolute atomic E-state index is 0.343. The number of carbonyl (C=O) groups is 1. The first kappa shape index (κ1) is 12.2. The van der Waals surface area contributed by atoms with Gasteiger partial charge in [0.05, 0.1) is 18.4 Å². The van der Waals surface area contributed by atoms with Crippen LogP contribution in [0.25, 0.3) is 0 Å². The summed E-state index contributed by atoms with van der Waals surface area (Å²) >= 11 is 0. The Hall–Kier alpha value is -1.84. The van der Waals surface area contributed by atoms with Gasteiger partial charge in [0.15, 0.2) is 0 Å². The lowest BCUT2D eigenvalue weighted by molar-refractivity contribution is 0.0525. The summed E-state index contributed by atoms with van der Waals surface area (Å²) < 4.78 is 10.2. The van der Waals surface area contributed by atoms with Crippen molar-refractivity contribution in [1.82, 2.24) is 4.98 Å². The van der Waals surface area contributed by atoms with Crippen LogP contribution in [0.1, 0.15) is 24.2 Å².